The minimum Gasteiger partial charge on any atom is -0.493 e. The molecule has 2 N–H and O–H groups in total. The number of carbonyl (C=O) groups excluding carboxylic acids is 2. The summed E-state index contributed by atoms with van der Waals surface area (Å²) in [5.74, 6) is 0.402. The highest BCUT2D eigenvalue weighted by Crippen LogP contribution is 2.23. The number of carbonyl (C=O) groups is 2. The maximum absolute atomic E-state index is 12.6. The first-order chi connectivity index (χ1) is 14.5. The molecule has 6 heteroatoms. The van der Waals surface area contributed by atoms with E-state index in [9.17, 15) is 9.59 Å². The van der Waals surface area contributed by atoms with E-state index in [1.807, 2.05) is 19.9 Å². The molecule has 0 aliphatic rings. The molecule has 2 aromatic carbocycles. The van der Waals surface area contributed by atoms with E-state index in [0.717, 1.165) is 16.9 Å². The van der Waals surface area contributed by atoms with Crippen molar-refractivity contribution in [3.05, 3.63) is 82.8 Å². The van der Waals surface area contributed by atoms with E-state index in [4.69, 9.17) is 9.15 Å². The van der Waals surface area contributed by atoms with E-state index in [1.165, 1.54) is 11.8 Å². The molecule has 0 saturated carbocycles. The maximum Gasteiger partial charge on any atom is 0.291 e. The Bertz CT molecular complexity index is 1030. The highest BCUT2D eigenvalue weighted by Gasteiger charge is 2.15. The Morgan fingerprint density at radius 2 is 1.80 bits per heavy atom. The van der Waals surface area contributed by atoms with Gasteiger partial charge in [0.2, 0.25) is 0 Å². The third-order valence-electron chi connectivity index (χ3n) is 4.79. The van der Waals surface area contributed by atoms with E-state index in [2.05, 4.69) is 23.6 Å². The summed E-state index contributed by atoms with van der Waals surface area (Å²) < 4.78 is 11.0. The van der Waals surface area contributed by atoms with Crippen LogP contribution in [-0.2, 0) is 0 Å². The van der Waals surface area contributed by atoms with E-state index in [1.54, 1.807) is 36.4 Å². The smallest absolute Gasteiger partial charge is 0.291 e. The zero-order chi connectivity index (χ0) is 21.5. The van der Waals surface area contributed by atoms with Crippen molar-refractivity contribution >= 4 is 17.5 Å². The predicted octanol–water partition coefficient (Wildman–Crippen LogP) is 4.66. The van der Waals surface area contributed by atoms with Crippen LogP contribution in [0.1, 0.15) is 44.0 Å². The zero-order valence-corrected chi connectivity index (χ0v) is 17.5. The van der Waals surface area contributed by atoms with Gasteiger partial charge in [-0.2, -0.15) is 0 Å². The zero-order valence-electron chi connectivity index (χ0n) is 17.5. The second-order valence-electron chi connectivity index (χ2n) is 7.14. The van der Waals surface area contributed by atoms with Crippen LogP contribution in [0.25, 0.3) is 0 Å². The van der Waals surface area contributed by atoms with Gasteiger partial charge in [-0.25, -0.2) is 0 Å². The summed E-state index contributed by atoms with van der Waals surface area (Å²) in [4.78, 5) is 24.8. The lowest BCUT2D eigenvalue weighted by Gasteiger charge is -2.13. The van der Waals surface area contributed by atoms with Crippen LogP contribution in [0, 0.1) is 20.8 Å². The number of hydrogen-bond donors (Lipinski definition) is 2. The lowest BCUT2D eigenvalue weighted by molar-refractivity contribution is 0.0952. The van der Waals surface area contributed by atoms with Gasteiger partial charge in [-0.05, 0) is 74.2 Å². The van der Waals surface area contributed by atoms with Gasteiger partial charge in [-0.15, -0.1) is 0 Å². The fraction of sp³-hybridized carbons (Fsp3) is 0.250. The molecule has 1 aromatic heterocycles. The fourth-order valence-electron chi connectivity index (χ4n) is 3.08. The summed E-state index contributed by atoms with van der Waals surface area (Å²) in [5.41, 5.74) is 4.31. The van der Waals surface area contributed by atoms with Crippen LogP contribution in [-0.4, -0.2) is 25.0 Å². The van der Waals surface area contributed by atoms with Crippen molar-refractivity contribution in [2.75, 3.05) is 18.5 Å². The quantitative estimate of drug-likeness (QED) is 0.533. The van der Waals surface area contributed by atoms with Gasteiger partial charge < -0.3 is 19.8 Å². The number of ether oxygens (including phenoxy) is 1. The summed E-state index contributed by atoms with van der Waals surface area (Å²) in [6.45, 7) is 7.11. The average Bonchev–Trinajstić information content (AvgIpc) is 3.26. The Morgan fingerprint density at radius 1 is 1.00 bits per heavy atom. The molecule has 0 unspecified atom stereocenters. The molecule has 0 atom stereocenters. The minimum atomic E-state index is -0.405. The molecule has 1 heterocycles. The molecule has 0 saturated heterocycles. The number of rotatable bonds is 8. The molecule has 30 heavy (non-hydrogen) atoms. The summed E-state index contributed by atoms with van der Waals surface area (Å²) in [7, 11) is 0. The highest BCUT2D eigenvalue weighted by molar-refractivity contribution is 6.07. The molecule has 6 nitrogen and oxygen atoms in total. The van der Waals surface area contributed by atoms with Gasteiger partial charge in [-0.1, -0.05) is 18.2 Å². The predicted molar refractivity (Wildman–Crippen MR) is 116 cm³/mol. The molecule has 0 bridgehead atoms. The van der Waals surface area contributed by atoms with Gasteiger partial charge in [-0.3, -0.25) is 9.59 Å². The number of para-hydroxylation sites is 1. The molecule has 0 fully saturated rings. The van der Waals surface area contributed by atoms with E-state index >= 15 is 0 Å². The normalized spacial score (nSPS) is 10.5. The van der Waals surface area contributed by atoms with Crippen LogP contribution in [0.4, 0.5) is 5.69 Å². The van der Waals surface area contributed by atoms with E-state index in [0.29, 0.717) is 30.8 Å². The molecule has 2 amide bonds. The van der Waals surface area contributed by atoms with Crippen LogP contribution < -0.4 is 15.4 Å². The molecule has 0 spiro atoms. The summed E-state index contributed by atoms with van der Waals surface area (Å²) in [5, 5.41) is 5.59. The number of nitrogens with one attached hydrogen (secondary N) is 2. The van der Waals surface area contributed by atoms with Crippen LogP contribution in [0.5, 0.6) is 5.75 Å². The van der Waals surface area contributed by atoms with Gasteiger partial charge in [0.25, 0.3) is 11.8 Å². The van der Waals surface area contributed by atoms with Crippen LogP contribution in [0.15, 0.2) is 59.2 Å². The van der Waals surface area contributed by atoms with Crippen molar-refractivity contribution in [2.45, 2.75) is 27.2 Å². The summed E-state index contributed by atoms with van der Waals surface area (Å²) >= 11 is 0. The Balaban J connectivity index is 1.51. The molecule has 0 radical (unpaired) electrons. The number of anilines is 1. The van der Waals surface area contributed by atoms with E-state index < -0.39 is 5.91 Å². The van der Waals surface area contributed by atoms with E-state index in [-0.39, 0.29) is 11.7 Å². The summed E-state index contributed by atoms with van der Waals surface area (Å²) in [6.07, 6.45) is 2.09. The largest absolute Gasteiger partial charge is 0.493 e. The van der Waals surface area contributed by atoms with Crippen LogP contribution >= 0.6 is 0 Å². The lowest BCUT2D eigenvalue weighted by atomic mass is 10.1. The first-order valence-electron chi connectivity index (χ1n) is 9.88. The Labute approximate surface area is 176 Å². The number of aryl methyl sites for hydroxylation is 2. The number of furan rings is 1. The summed E-state index contributed by atoms with van der Waals surface area (Å²) in [6, 6.07) is 14.2. The molecule has 0 aliphatic carbocycles. The molecule has 3 rings (SSSR count). The van der Waals surface area contributed by atoms with Crippen molar-refractivity contribution in [3.63, 3.8) is 0 Å². The van der Waals surface area contributed by atoms with Crippen molar-refractivity contribution in [2.24, 2.45) is 0 Å². The lowest BCUT2D eigenvalue weighted by Crippen LogP contribution is -2.27. The topological polar surface area (TPSA) is 80.6 Å². The van der Waals surface area contributed by atoms with Crippen molar-refractivity contribution in [1.82, 2.24) is 5.32 Å². The third-order valence-corrected chi connectivity index (χ3v) is 4.79. The Morgan fingerprint density at radius 3 is 2.57 bits per heavy atom. The number of hydrogen-bond acceptors (Lipinski definition) is 4. The average molecular weight is 406 g/mol. The van der Waals surface area contributed by atoms with Gasteiger partial charge in [0.15, 0.2) is 5.76 Å². The van der Waals surface area contributed by atoms with Crippen molar-refractivity contribution < 1.29 is 18.7 Å². The Hall–Kier alpha value is -3.54. The second-order valence-corrected chi connectivity index (χ2v) is 7.14. The molecule has 156 valence electrons. The van der Waals surface area contributed by atoms with Gasteiger partial charge in [0.1, 0.15) is 5.75 Å². The SMILES string of the molecule is Cc1cc(C)c(C)c(OCCCNC(=O)c2ccccc2NC(=O)c2ccco2)c1. The van der Waals surface area contributed by atoms with Crippen molar-refractivity contribution in [1.29, 1.82) is 0 Å². The standard InChI is InChI=1S/C24H26N2O4/c1-16-14-17(2)18(3)22(15-16)30-13-7-11-25-23(27)19-8-4-5-9-20(19)26-24(28)21-10-6-12-29-21/h4-6,8-10,12,14-15H,7,11,13H2,1-3H3,(H,25,27)(H,26,28). The highest BCUT2D eigenvalue weighted by atomic mass is 16.5. The number of amides is 2. The van der Waals surface area contributed by atoms with Crippen LogP contribution in [0.2, 0.25) is 0 Å². The third kappa shape index (κ3) is 5.29. The monoisotopic (exact) mass is 406 g/mol. The minimum absolute atomic E-state index is 0.184. The molecular formula is C24H26N2O4. The van der Waals surface area contributed by atoms with Gasteiger partial charge >= 0.3 is 0 Å². The first-order valence-corrected chi connectivity index (χ1v) is 9.88. The fourth-order valence-corrected chi connectivity index (χ4v) is 3.08. The van der Waals surface area contributed by atoms with Gasteiger partial charge in [0, 0.05) is 6.54 Å². The second kappa shape index (κ2) is 9.78. The molecular weight excluding hydrogens is 380 g/mol. The number of benzene rings is 2. The Kier molecular flexibility index (Phi) is 6.91. The van der Waals surface area contributed by atoms with Gasteiger partial charge in [0.05, 0.1) is 24.1 Å². The maximum atomic E-state index is 12.6. The van der Waals surface area contributed by atoms with Crippen molar-refractivity contribution in [3.8, 4) is 5.75 Å². The molecule has 0 aliphatic heterocycles. The molecule has 3 aromatic rings. The van der Waals surface area contributed by atoms with Crippen LogP contribution in [0.3, 0.4) is 0 Å². The first kappa shape index (κ1) is 21.2.